The average molecular weight is 394 g/mol. The summed E-state index contributed by atoms with van der Waals surface area (Å²) in [7, 11) is 2.90. The number of aliphatic hydroxyl groups is 1. The third-order valence-electron chi connectivity index (χ3n) is 4.56. The number of hydrogen-bond donors (Lipinski definition) is 1. The monoisotopic (exact) mass is 394 g/mol. The molecule has 0 spiro atoms. The second kappa shape index (κ2) is 9.25. The molecule has 2 unspecified atom stereocenters. The van der Waals surface area contributed by atoms with E-state index in [1.54, 1.807) is 27.9 Å². The molecular weight excluding hydrogens is 364 g/mol. The molecule has 0 aromatic heterocycles. The van der Waals surface area contributed by atoms with Crippen LogP contribution in [-0.2, 0) is 20.8 Å². The molecule has 0 bridgehead atoms. The van der Waals surface area contributed by atoms with Gasteiger partial charge in [0.25, 0.3) is 0 Å². The van der Waals surface area contributed by atoms with Crippen molar-refractivity contribution in [3.05, 3.63) is 29.8 Å². The first kappa shape index (κ1) is 22.0. The van der Waals surface area contributed by atoms with Gasteiger partial charge < -0.3 is 19.3 Å². The van der Waals surface area contributed by atoms with Crippen LogP contribution in [-0.4, -0.2) is 78.6 Å². The number of amides is 1. The number of methoxy groups -OCH3 is 2. The summed E-state index contributed by atoms with van der Waals surface area (Å²) in [6.07, 6.45) is -0.592. The van der Waals surface area contributed by atoms with Crippen LogP contribution in [0.1, 0.15) is 26.3 Å². The van der Waals surface area contributed by atoms with Crippen molar-refractivity contribution in [2.24, 2.45) is 0 Å². The minimum Gasteiger partial charge on any atom is -0.497 e. The number of aliphatic hydroxyl groups excluding tert-OH is 1. The van der Waals surface area contributed by atoms with Crippen molar-refractivity contribution in [2.45, 2.75) is 45.0 Å². The summed E-state index contributed by atoms with van der Waals surface area (Å²) in [5.41, 5.74) is 0.320. The fraction of sp³-hybridized carbons (Fsp3) is 0.600. The maximum atomic E-state index is 12.6. The van der Waals surface area contributed by atoms with Crippen LogP contribution in [0.4, 0.5) is 4.79 Å². The van der Waals surface area contributed by atoms with Crippen LogP contribution in [0.15, 0.2) is 24.3 Å². The second-order valence-electron chi connectivity index (χ2n) is 7.79. The van der Waals surface area contributed by atoms with Crippen molar-refractivity contribution < 1.29 is 28.9 Å². The predicted molar refractivity (Wildman–Crippen MR) is 103 cm³/mol. The second-order valence-corrected chi connectivity index (χ2v) is 7.79. The van der Waals surface area contributed by atoms with Gasteiger partial charge in [-0.05, 0) is 38.5 Å². The van der Waals surface area contributed by atoms with Gasteiger partial charge in [0.1, 0.15) is 17.4 Å². The van der Waals surface area contributed by atoms with Crippen LogP contribution >= 0.6 is 0 Å². The van der Waals surface area contributed by atoms with E-state index in [-0.39, 0.29) is 25.7 Å². The van der Waals surface area contributed by atoms with Gasteiger partial charge in [-0.1, -0.05) is 12.1 Å². The van der Waals surface area contributed by atoms with E-state index < -0.39 is 23.7 Å². The van der Waals surface area contributed by atoms with Crippen molar-refractivity contribution in [2.75, 3.05) is 33.9 Å². The molecule has 1 aliphatic rings. The Hall–Kier alpha value is -2.32. The lowest BCUT2D eigenvalue weighted by molar-refractivity contribution is -0.151. The molecule has 1 N–H and O–H groups in total. The van der Waals surface area contributed by atoms with E-state index in [9.17, 15) is 14.7 Å². The zero-order chi connectivity index (χ0) is 20.9. The Balaban J connectivity index is 2.20. The van der Waals surface area contributed by atoms with Crippen LogP contribution in [0.2, 0.25) is 0 Å². The van der Waals surface area contributed by atoms with Crippen LogP contribution < -0.4 is 4.74 Å². The molecule has 1 aliphatic heterocycles. The number of hydrogen-bond acceptors (Lipinski definition) is 7. The highest BCUT2D eigenvalue weighted by Crippen LogP contribution is 2.22. The van der Waals surface area contributed by atoms with Crippen molar-refractivity contribution in [1.82, 2.24) is 9.80 Å². The normalized spacial score (nSPS) is 20.6. The molecule has 1 amide bonds. The quantitative estimate of drug-likeness (QED) is 0.760. The highest BCUT2D eigenvalue weighted by atomic mass is 16.6. The molecule has 2 rings (SSSR count). The Bertz CT molecular complexity index is 670. The minimum atomic E-state index is -0.805. The molecule has 1 aromatic carbocycles. The van der Waals surface area contributed by atoms with Crippen molar-refractivity contribution in [3.63, 3.8) is 0 Å². The largest absolute Gasteiger partial charge is 0.497 e. The molecule has 1 aromatic rings. The number of carbonyl (C=O) groups excluding carboxylic acids is 2. The van der Waals surface area contributed by atoms with E-state index in [4.69, 9.17) is 14.2 Å². The molecule has 156 valence electrons. The minimum absolute atomic E-state index is 0.149. The zero-order valence-electron chi connectivity index (χ0n) is 17.2. The van der Waals surface area contributed by atoms with Crippen molar-refractivity contribution >= 4 is 12.1 Å². The first-order valence-corrected chi connectivity index (χ1v) is 9.23. The SMILES string of the molecule is COC(=O)C1CN(Cc2ccc(OC)cc2)C(CO)CN1C(=O)OC(C)(C)C. The Morgan fingerprint density at radius 2 is 1.79 bits per heavy atom. The number of nitrogens with zero attached hydrogens (tertiary/aromatic N) is 2. The highest BCUT2D eigenvalue weighted by molar-refractivity contribution is 5.82. The fourth-order valence-corrected chi connectivity index (χ4v) is 3.13. The summed E-state index contributed by atoms with van der Waals surface area (Å²) < 4.78 is 15.5. The summed E-state index contributed by atoms with van der Waals surface area (Å²) in [5, 5.41) is 9.88. The van der Waals surface area contributed by atoms with Crippen molar-refractivity contribution in [3.8, 4) is 5.75 Å². The van der Waals surface area contributed by atoms with Gasteiger partial charge in [-0.15, -0.1) is 0 Å². The number of benzene rings is 1. The van der Waals surface area contributed by atoms with E-state index in [1.165, 1.54) is 12.0 Å². The maximum absolute atomic E-state index is 12.6. The lowest BCUT2D eigenvalue weighted by Gasteiger charge is -2.44. The lowest BCUT2D eigenvalue weighted by Crippen LogP contribution is -2.63. The van der Waals surface area contributed by atoms with Crippen LogP contribution in [0, 0.1) is 0 Å². The van der Waals surface area contributed by atoms with Gasteiger partial charge in [-0.25, -0.2) is 9.59 Å². The number of piperazine rings is 1. The first-order valence-electron chi connectivity index (χ1n) is 9.23. The molecule has 0 saturated carbocycles. The van der Waals surface area contributed by atoms with Crippen LogP contribution in [0.5, 0.6) is 5.75 Å². The van der Waals surface area contributed by atoms with Gasteiger partial charge in [0.2, 0.25) is 0 Å². The number of carbonyl (C=O) groups is 2. The van der Waals surface area contributed by atoms with Gasteiger partial charge in [0, 0.05) is 19.6 Å². The van der Waals surface area contributed by atoms with E-state index >= 15 is 0 Å². The van der Waals surface area contributed by atoms with Gasteiger partial charge in [-0.3, -0.25) is 9.80 Å². The third kappa shape index (κ3) is 5.59. The number of esters is 1. The molecule has 1 saturated heterocycles. The van der Waals surface area contributed by atoms with E-state index in [0.29, 0.717) is 6.54 Å². The summed E-state index contributed by atoms with van der Waals surface area (Å²) >= 11 is 0. The van der Waals surface area contributed by atoms with E-state index in [2.05, 4.69) is 0 Å². The highest BCUT2D eigenvalue weighted by Gasteiger charge is 2.42. The summed E-state index contributed by atoms with van der Waals surface area (Å²) in [4.78, 5) is 28.3. The van der Waals surface area contributed by atoms with Gasteiger partial charge in [0.05, 0.1) is 26.9 Å². The maximum Gasteiger partial charge on any atom is 0.411 e. The predicted octanol–water partition coefficient (Wildman–Crippen LogP) is 1.65. The van der Waals surface area contributed by atoms with Crippen molar-refractivity contribution in [1.29, 1.82) is 0 Å². The number of rotatable bonds is 5. The molecule has 0 aliphatic carbocycles. The molecular formula is C20H30N2O6. The fourth-order valence-electron chi connectivity index (χ4n) is 3.13. The van der Waals surface area contributed by atoms with E-state index in [0.717, 1.165) is 11.3 Å². The Labute approximate surface area is 166 Å². The Kier molecular flexibility index (Phi) is 7.26. The summed E-state index contributed by atoms with van der Waals surface area (Å²) in [6.45, 7) is 6.07. The third-order valence-corrected chi connectivity index (χ3v) is 4.56. The molecule has 8 heteroatoms. The molecule has 0 radical (unpaired) electrons. The van der Waals surface area contributed by atoms with Crippen LogP contribution in [0.3, 0.4) is 0 Å². The van der Waals surface area contributed by atoms with Gasteiger partial charge >= 0.3 is 12.1 Å². The van der Waals surface area contributed by atoms with Crippen LogP contribution in [0.25, 0.3) is 0 Å². The zero-order valence-corrected chi connectivity index (χ0v) is 17.2. The molecule has 8 nitrogen and oxygen atoms in total. The standard InChI is InChI=1S/C20H30N2O6/c1-20(2,3)28-19(25)22-11-15(13-23)21(12-17(22)18(24)27-5)10-14-6-8-16(26-4)9-7-14/h6-9,15,17,23H,10-13H2,1-5H3. The van der Waals surface area contributed by atoms with Gasteiger partial charge in [-0.2, -0.15) is 0 Å². The Morgan fingerprint density at radius 3 is 2.29 bits per heavy atom. The van der Waals surface area contributed by atoms with E-state index in [1.807, 2.05) is 29.2 Å². The molecule has 2 atom stereocenters. The Morgan fingerprint density at radius 1 is 1.14 bits per heavy atom. The first-order chi connectivity index (χ1) is 13.2. The number of ether oxygens (including phenoxy) is 3. The smallest absolute Gasteiger partial charge is 0.411 e. The van der Waals surface area contributed by atoms with Gasteiger partial charge in [0.15, 0.2) is 0 Å². The lowest BCUT2D eigenvalue weighted by atomic mass is 10.1. The topological polar surface area (TPSA) is 88.5 Å². The average Bonchev–Trinajstić information content (AvgIpc) is 2.66. The summed E-state index contributed by atoms with van der Waals surface area (Å²) in [5.74, 6) is 0.242. The molecule has 28 heavy (non-hydrogen) atoms. The molecule has 1 heterocycles. The summed E-state index contributed by atoms with van der Waals surface area (Å²) in [6, 6.07) is 6.45. The molecule has 1 fully saturated rings.